The third-order valence-corrected chi connectivity index (χ3v) is 4.83. The minimum absolute atomic E-state index is 0.327. The van der Waals surface area contributed by atoms with Crippen molar-refractivity contribution in [2.75, 3.05) is 26.3 Å². The molecule has 0 amide bonds. The van der Waals surface area contributed by atoms with Crippen LogP contribution in [0.3, 0.4) is 0 Å². The summed E-state index contributed by atoms with van der Waals surface area (Å²) >= 11 is 0. The lowest BCUT2D eigenvalue weighted by atomic mass is 10.2. The molecular weight excluding hydrogens is 390 g/mol. The van der Waals surface area contributed by atoms with Gasteiger partial charge in [-0.25, -0.2) is 4.79 Å². The summed E-state index contributed by atoms with van der Waals surface area (Å²) in [5.41, 5.74) is 2.98. The number of esters is 1. The molecule has 0 aliphatic rings. The van der Waals surface area contributed by atoms with Crippen LogP contribution in [-0.2, 0) is 17.7 Å². The van der Waals surface area contributed by atoms with Gasteiger partial charge in [-0.05, 0) is 67.3 Å². The van der Waals surface area contributed by atoms with Crippen molar-refractivity contribution in [3.63, 3.8) is 0 Å². The van der Waals surface area contributed by atoms with Crippen LogP contribution < -0.4 is 4.74 Å². The van der Waals surface area contributed by atoms with Crippen LogP contribution in [0.5, 0.6) is 5.75 Å². The second kappa shape index (κ2) is 12.4. The number of hydrogen-bond acceptors (Lipinski definition) is 6. The average Bonchev–Trinajstić information content (AvgIpc) is 2.82. The summed E-state index contributed by atoms with van der Waals surface area (Å²) in [7, 11) is 0. The van der Waals surface area contributed by atoms with E-state index in [-0.39, 0.29) is 5.97 Å². The minimum Gasteiger partial charge on any atom is -0.494 e. The van der Waals surface area contributed by atoms with Gasteiger partial charge in [-0.3, -0.25) is 14.9 Å². The van der Waals surface area contributed by atoms with Crippen LogP contribution in [0.4, 0.5) is 0 Å². The van der Waals surface area contributed by atoms with E-state index in [4.69, 9.17) is 9.47 Å². The lowest BCUT2D eigenvalue weighted by molar-refractivity contribution is 0.0526. The SMILES string of the molecule is CCOC(=O)c1cccc(OCCCN(CCc2cccnc2)Cc2ccncc2)c1. The van der Waals surface area contributed by atoms with Crippen molar-refractivity contribution in [2.45, 2.75) is 26.3 Å². The van der Waals surface area contributed by atoms with Crippen LogP contribution >= 0.6 is 0 Å². The number of aromatic nitrogens is 2. The molecule has 0 bridgehead atoms. The first-order valence-corrected chi connectivity index (χ1v) is 10.6. The van der Waals surface area contributed by atoms with Crippen molar-refractivity contribution in [3.05, 3.63) is 90.0 Å². The molecule has 2 aromatic heterocycles. The predicted octanol–water partition coefficient (Wildman–Crippen LogP) is 4.17. The molecule has 0 atom stereocenters. The number of carbonyl (C=O) groups is 1. The fraction of sp³-hybridized carbons (Fsp3) is 0.320. The van der Waals surface area contributed by atoms with Crippen LogP contribution in [0.1, 0.15) is 34.8 Å². The first-order chi connectivity index (χ1) is 15.2. The number of pyridine rings is 2. The fourth-order valence-electron chi connectivity index (χ4n) is 3.25. The Morgan fingerprint density at radius 2 is 1.84 bits per heavy atom. The van der Waals surface area contributed by atoms with Crippen molar-refractivity contribution in [1.82, 2.24) is 14.9 Å². The highest BCUT2D eigenvalue weighted by Gasteiger charge is 2.09. The summed E-state index contributed by atoms with van der Waals surface area (Å²) in [5.74, 6) is 0.355. The van der Waals surface area contributed by atoms with E-state index in [1.807, 2.05) is 36.8 Å². The Bertz CT molecular complexity index is 920. The Morgan fingerprint density at radius 3 is 2.61 bits per heavy atom. The van der Waals surface area contributed by atoms with Gasteiger partial charge in [0.15, 0.2) is 0 Å². The molecule has 2 heterocycles. The summed E-state index contributed by atoms with van der Waals surface area (Å²) in [6.45, 7) is 5.43. The molecule has 0 fully saturated rings. The van der Waals surface area contributed by atoms with E-state index >= 15 is 0 Å². The van der Waals surface area contributed by atoms with Crippen LogP contribution in [0.15, 0.2) is 73.3 Å². The van der Waals surface area contributed by atoms with Crippen molar-refractivity contribution in [2.24, 2.45) is 0 Å². The van der Waals surface area contributed by atoms with Gasteiger partial charge in [0.05, 0.1) is 18.8 Å². The van der Waals surface area contributed by atoms with E-state index in [9.17, 15) is 4.79 Å². The van der Waals surface area contributed by atoms with Crippen LogP contribution in [0.25, 0.3) is 0 Å². The molecule has 6 nitrogen and oxygen atoms in total. The second-order valence-electron chi connectivity index (χ2n) is 7.19. The minimum atomic E-state index is -0.327. The van der Waals surface area contributed by atoms with Gasteiger partial charge < -0.3 is 9.47 Å². The predicted molar refractivity (Wildman–Crippen MR) is 120 cm³/mol. The van der Waals surface area contributed by atoms with Gasteiger partial charge in [-0.2, -0.15) is 0 Å². The maximum absolute atomic E-state index is 11.9. The van der Waals surface area contributed by atoms with Gasteiger partial charge in [-0.15, -0.1) is 0 Å². The standard InChI is InChI=1S/C25H29N3O3/c1-2-30-25(29)23-7-3-8-24(18-23)31-17-5-15-28(20-22-9-13-26-14-10-22)16-11-21-6-4-12-27-19-21/h3-4,6-10,12-14,18-19H,2,5,11,15-17,20H2,1H3. The first-order valence-electron chi connectivity index (χ1n) is 10.6. The molecule has 1 aromatic carbocycles. The molecule has 3 rings (SSSR count). The number of nitrogens with zero attached hydrogens (tertiary/aromatic N) is 3. The number of carbonyl (C=O) groups excluding carboxylic acids is 1. The molecule has 162 valence electrons. The number of hydrogen-bond donors (Lipinski definition) is 0. The Kier molecular flexibility index (Phi) is 9.01. The molecule has 0 unspecified atom stereocenters. The Balaban J connectivity index is 1.51. The highest BCUT2D eigenvalue weighted by atomic mass is 16.5. The van der Waals surface area contributed by atoms with E-state index in [1.54, 1.807) is 25.3 Å². The molecular formula is C25H29N3O3. The fourth-order valence-corrected chi connectivity index (χ4v) is 3.25. The van der Waals surface area contributed by atoms with E-state index in [1.165, 1.54) is 11.1 Å². The Morgan fingerprint density at radius 1 is 0.968 bits per heavy atom. The quantitative estimate of drug-likeness (QED) is 0.324. The van der Waals surface area contributed by atoms with Gasteiger partial charge >= 0.3 is 5.97 Å². The molecule has 0 saturated heterocycles. The van der Waals surface area contributed by atoms with Crippen molar-refractivity contribution < 1.29 is 14.3 Å². The van der Waals surface area contributed by atoms with Crippen molar-refractivity contribution in [3.8, 4) is 5.75 Å². The van der Waals surface area contributed by atoms with Crippen molar-refractivity contribution in [1.29, 1.82) is 0 Å². The number of rotatable bonds is 12. The molecule has 6 heteroatoms. The number of ether oxygens (including phenoxy) is 2. The largest absolute Gasteiger partial charge is 0.494 e. The third kappa shape index (κ3) is 7.83. The molecule has 0 spiro atoms. The second-order valence-corrected chi connectivity index (χ2v) is 7.19. The van der Waals surface area contributed by atoms with Crippen LogP contribution in [0, 0.1) is 0 Å². The van der Waals surface area contributed by atoms with E-state index in [2.05, 4.69) is 33.1 Å². The Labute approximate surface area is 183 Å². The molecule has 0 aliphatic carbocycles. The monoisotopic (exact) mass is 419 g/mol. The maximum atomic E-state index is 11.9. The lowest BCUT2D eigenvalue weighted by Gasteiger charge is -2.22. The zero-order chi connectivity index (χ0) is 21.7. The van der Waals surface area contributed by atoms with E-state index < -0.39 is 0 Å². The maximum Gasteiger partial charge on any atom is 0.338 e. The molecule has 31 heavy (non-hydrogen) atoms. The Hall–Kier alpha value is -3.25. The normalized spacial score (nSPS) is 10.8. The van der Waals surface area contributed by atoms with E-state index in [0.717, 1.165) is 32.5 Å². The highest BCUT2D eigenvalue weighted by molar-refractivity contribution is 5.89. The van der Waals surface area contributed by atoms with Gasteiger partial charge in [0.1, 0.15) is 5.75 Å². The zero-order valence-corrected chi connectivity index (χ0v) is 17.9. The highest BCUT2D eigenvalue weighted by Crippen LogP contribution is 2.15. The van der Waals surface area contributed by atoms with E-state index in [0.29, 0.717) is 24.5 Å². The summed E-state index contributed by atoms with van der Waals surface area (Å²) < 4.78 is 10.9. The van der Waals surface area contributed by atoms with Crippen LogP contribution in [-0.4, -0.2) is 47.1 Å². The van der Waals surface area contributed by atoms with Gasteiger partial charge in [0, 0.05) is 44.4 Å². The summed E-state index contributed by atoms with van der Waals surface area (Å²) in [6, 6.07) is 15.3. The van der Waals surface area contributed by atoms with Crippen LogP contribution in [0.2, 0.25) is 0 Å². The summed E-state index contributed by atoms with van der Waals surface area (Å²) in [5, 5.41) is 0. The zero-order valence-electron chi connectivity index (χ0n) is 17.9. The topological polar surface area (TPSA) is 64.6 Å². The average molecular weight is 420 g/mol. The smallest absolute Gasteiger partial charge is 0.338 e. The first kappa shape index (κ1) is 22.4. The third-order valence-electron chi connectivity index (χ3n) is 4.83. The molecule has 0 aliphatic heterocycles. The van der Waals surface area contributed by atoms with Crippen molar-refractivity contribution >= 4 is 5.97 Å². The summed E-state index contributed by atoms with van der Waals surface area (Å²) in [4.78, 5) is 22.6. The van der Waals surface area contributed by atoms with Gasteiger partial charge in [0.2, 0.25) is 0 Å². The number of benzene rings is 1. The molecule has 3 aromatic rings. The summed E-state index contributed by atoms with van der Waals surface area (Å²) in [6.07, 6.45) is 9.20. The molecule has 0 saturated carbocycles. The van der Waals surface area contributed by atoms with Gasteiger partial charge in [-0.1, -0.05) is 12.1 Å². The molecule has 0 radical (unpaired) electrons. The molecule has 0 N–H and O–H groups in total. The lowest BCUT2D eigenvalue weighted by Crippen LogP contribution is -2.28. The van der Waals surface area contributed by atoms with Gasteiger partial charge in [0.25, 0.3) is 0 Å².